The molecule has 1 aliphatic rings. The fraction of sp³-hybridized carbons (Fsp3) is 0.143. The molecule has 0 aromatic heterocycles. The minimum atomic E-state index is -0.507. The van der Waals surface area contributed by atoms with E-state index >= 15 is 0 Å². The average Bonchev–Trinajstić information content (AvgIpc) is 3.36. The summed E-state index contributed by atoms with van der Waals surface area (Å²) in [5.74, 6) is -1.55. The first-order chi connectivity index (χ1) is 17.4. The van der Waals surface area contributed by atoms with Crippen molar-refractivity contribution in [2.75, 3.05) is 11.9 Å². The quantitative estimate of drug-likeness (QED) is 0.406. The molecule has 0 atom stereocenters. The lowest BCUT2D eigenvalue weighted by Gasteiger charge is -2.10. The van der Waals surface area contributed by atoms with Crippen LogP contribution in [0.4, 0.5) is 10.1 Å². The van der Waals surface area contributed by atoms with Gasteiger partial charge in [0.2, 0.25) is 0 Å². The summed E-state index contributed by atoms with van der Waals surface area (Å²) >= 11 is 5.97. The van der Waals surface area contributed by atoms with E-state index in [1.54, 1.807) is 24.3 Å². The first-order valence-corrected chi connectivity index (χ1v) is 11.7. The summed E-state index contributed by atoms with van der Waals surface area (Å²) < 4.78 is 13.2. The molecule has 2 amide bonds. The van der Waals surface area contributed by atoms with E-state index in [1.165, 1.54) is 18.3 Å². The Labute approximate surface area is 212 Å². The third-order valence-electron chi connectivity index (χ3n) is 5.64. The lowest BCUT2D eigenvalue weighted by atomic mass is 10.0. The van der Waals surface area contributed by atoms with Gasteiger partial charge in [-0.15, -0.1) is 0 Å². The molecule has 0 aliphatic carbocycles. The van der Waals surface area contributed by atoms with Crippen LogP contribution in [-0.4, -0.2) is 30.4 Å². The largest absolute Gasteiger partial charge is 0.350 e. The first-order valence-electron chi connectivity index (χ1n) is 11.4. The highest BCUT2D eigenvalue weighted by molar-refractivity contribution is 6.34. The number of halogens is 2. The second-order valence-corrected chi connectivity index (χ2v) is 8.62. The van der Waals surface area contributed by atoms with Gasteiger partial charge in [-0.1, -0.05) is 54.1 Å². The monoisotopic (exact) mass is 503 g/mol. The third kappa shape index (κ3) is 6.31. The summed E-state index contributed by atoms with van der Waals surface area (Å²) in [5, 5.41) is 5.65. The zero-order valence-electron chi connectivity index (χ0n) is 19.3. The molecule has 8 heteroatoms. The molecule has 0 saturated heterocycles. The molecule has 3 aromatic carbocycles. The number of hydrogen-bond acceptors (Lipinski definition) is 4. The van der Waals surface area contributed by atoms with Crippen molar-refractivity contribution in [2.45, 2.75) is 19.3 Å². The standard InChI is InChI=1S/C28H23ClFN3O3/c29-24-17-20(30)8-11-22(24)25(34)16-19-6-9-21(10-7-19)33-27(35)23-13-15-31-26(23)28(36)32-14-12-18-4-2-1-3-5-18/h1-11,15,17H,12-14,16H2,(H,32,36)(H,33,35). The number of amides is 2. The van der Waals surface area contributed by atoms with Gasteiger partial charge in [0, 0.05) is 36.9 Å². The van der Waals surface area contributed by atoms with Crippen LogP contribution in [0.25, 0.3) is 0 Å². The number of nitrogens with one attached hydrogen (secondary N) is 2. The highest BCUT2D eigenvalue weighted by atomic mass is 35.5. The molecule has 6 nitrogen and oxygen atoms in total. The van der Waals surface area contributed by atoms with Gasteiger partial charge in [-0.25, -0.2) is 4.39 Å². The summed E-state index contributed by atoms with van der Waals surface area (Å²) in [4.78, 5) is 42.0. The van der Waals surface area contributed by atoms with Gasteiger partial charge >= 0.3 is 0 Å². The van der Waals surface area contributed by atoms with Crippen LogP contribution in [0.3, 0.4) is 0 Å². The summed E-state index contributed by atoms with van der Waals surface area (Å²) in [6.07, 6.45) is 2.55. The number of nitrogens with zero attached hydrogens (tertiary/aromatic N) is 1. The Balaban J connectivity index is 1.34. The number of aliphatic imine (C=N–C) groups is 1. The number of hydrogen-bond donors (Lipinski definition) is 2. The van der Waals surface area contributed by atoms with Crippen LogP contribution in [0.2, 0.25) is 5.02 Å². The van der Waals surface area contributed by atoms with E-state index in [2.05, 4.69) is 15.6 Å². The van der Waals surface area contributed by atoms with Crippen LogP contribution in [0.15, 0.2) is 89.1 Å². The second-order valence-electron chi connectivity index (χ2n) is 8.21. The molecule has 2 N–H and O–H groups in total. The van der Waals surface area contributed by atoms with Crippen LogP contribution in [0.5, 0.6) is 0 Å². The lowest BCUT2D eigenvalue weighted by molar-refractivity contribution is -0.118. The number of carbonyl (C=O) groups excluding carboxylic acids is 3. The summed E-state index contributed by atoms with van der Waals surface area (Å²) in [6.45, 7) is 0.431. The Morgan fingerprint density at radius 3 is 2.39 bits per heavy atom. The molecule has 4 rings (SSSR count). The van der Waals surface area contributed by atoms with Crippen LogP contribution < -0.4 is 10.6 Å². The maximum Gasteiger partial charge on any atom is 0.270 e. The molecular weight excluding hydrogens is 481 g/mol. The number of benzene rings is 3. The molecule has 0 bridgehead atoms. The van der Waals surface area contributed by atoms with Gasteiger partial charge in [-0.05, 0) is 47.9 Å². The second kappa shape index (κ2) is 11.6. The predicted octanol–water partition coefficient (Wildman–Crippen LogP) is 4.93. The van der Waals surface area contributed by atoms with E-state index in [0.29, 0.717) is 24.2 Å². The zero-order chi connectivity index (χ0) is 25.5. The van der Waals surface area contributed by atoms with Crippen molar-refractivity contribution in [3.05, 3.63) is 112 Å². The Morgan fingerprint density at radius 2 is 1.67 bits per heavy atom. The SMILES string of the molecule is O=C(Nc1ccc(CC(=O)c2ccc(F)cc2Cl)cc1)C1=C(C(=O)NCCc2ccccc2)N=CC1. The Morgan fingerprint density at radius 1 is 0.917 bits per heavy atom. The van der Waals surface area contributed by atoms with Crippen molar-refractivity contribution in [3.63, 3.8) is 0 Å². The maximum atomic E-state index is 13.2. The van der Waals surface area contributed by atoms with Crippen LogP contribution in [0.1, 0.15) is 27.9 Å². The van der Waals surface area contributed by atoms with E-state index < -0.39 is 17.6 Å². The molecule has 0 fully saturated rings. The maximum absolute atomic E-state index is 13.2. The third-order valence-corrected chi connectivity index (χ3v) is 5.95. The van der Waals surface area contributed by atoms with Crippen molar-refractivity contribution in [2.24, 2.45) is 4.99 Å². The Bertz CT molecular complexity index is 1350. The van der Waals surface area contributed by atoms with Crippen molar-refractivity contribution in [1.82, 2.24) is 5.32 Å². The summed E-state index contributed by atoms with van der Waals surface area (Å²) in [6, 6.07) is 20.2. The van der Waals surface area contributed by atoms with Gasteiger partial charge < -0.3 is 10.6 Å². The van der Waals surface area contributed by atoms with Crippen molar-refractivity contribution in [1.29, 1.82) is 0 Å². The van der Waals surface area contributed by atoms with Gasteiger partial charge in [0.25, 0.3) is 11.8 Å². The average molecular weight is 504 g/mol. The molecule has 36 heavy (non-hydrogen) atoms. The predicted molar refractivity (Wildman–Crippen MR) is 138 cm³/mol. The molecule has 0 spiro atoms. The van der Waals surface area contributed by atoms with E-state index in [4.69, 9.17) is 11.6 Å². The van der Waals surface area contributed by atoms with Crippen molar-refractivity contribution in [3.8, 4) is 0 Å². The van der Waals surface area contributed by atoms with Crippen LogP contribution in [-0.2, 0) is 22.4 Å². The fourth-order valence-electron chi connectivity index (χ4n) is 3.76. The van der Waals surface area contributed by atoms with Gasteiger partial charge in [-0.2, -0.15) is 0 Å². The number of carbonyl (C=O) groups is 3. The zero-order valence-corrected chi connectivity index (χ0v) is 20.0. The Kier molecular flexibility index (Phi) is 8.02. The highest BCUT2D eigenvalue weighted by Gasteiger charge is 2.23. The molecule has 182 valence electrons. The van der Waals surface area contributed by atoms with Gasteiger partial charge in [0.05, 0.1) is 10.6 Å². The van der Waals surface area contributed by atoms with Gasteiger partial charge in [0.1, 0.15) is 11.5 Å². The minimum Gasteiger partial charge on any atom is -0.350 e. The minimum absolute atomic E-state index is 0.0656. The number of rotatable bonds is 9. The molecule has 3 aromatic rings. The molecule has 0 radical (unpaired) electrons. The van der Waals surface area contributed by atoms with Crippen molar-refractivity contribution < 1.29 is 18.8 Å². The molecule has 1 heterocycles. The van der Waals surface area contributed by atoms with Gasteiger partial charge in [0.15, 0.2) is 5.78 Å². The van der Waals surface area contributed by atoms with Crippen molar-refractivity contribution >= 4 is 41.1 Å². The Hall–Kier alpha value is -4.10. The smallest absolute Gasteiger partial charge is 0.270 e. The number of ketones is 1. The molecule has 0 unspecified atom stereocenters. The molecule has 0 saturated carbocycles. The van der Waals surface area contributed by atoms with Crippen LogP contribution >= 0.6 is 11.6 Å². The van der Waals surface area contributed by atoms with E-state index in [-0.39, 0.29) is 40.5 Å². The number of anilines is 1. The van der Waals surface area contributed by atoms with Crippen LogP contribution in [0, 0.1) is 5.82 Å². The summed E-state index contributed by atoms with van der Waals surface area (Å²) in [7, 11) is 0. The number of Topliss-reactive ketones (excluding diaryl/α,β-unsaturated/α-hetero) is 1. The first kappa shape index (κ1) is 25.0. The highest BCUT2D eigenvalue weighted by Crippen LogP contribution is 2.21. The fourth-order valence-corrected chi connectivity index (χ4v) is 4.03. The van der Waals surface area contributed by atoms with E-state index in [9.17, 15) is 18.8 Å². The molecule has 1 aliphatic heterocycles. The normalized spacial score (nSPS) is 12.5. The summed E-state index contributed by atoms with van der Waals surface area (Å²) in [5.41, 5.74) is 2.97. The van der Waals surface area contributed by atoms with E-state index in [0.717, 1.165) is 11.6 Å². The topological polar surface area (TPSA) is 87.6 Å². The van der Waals surface area contributed by atoms with Gasteiger partial charge in [-0.3, -0.25) is 19.4 Å². The lowest BCUT2D eigenvalue weighted by Crippen LogP contribution is -2.28. The molecular formula is C28H23ClFN3O3. The van der Waals surface area contributed by atoms with E-state index in [1.807, 2.05) is 30.3 Å².